The average Bonchev–Trinajstić information content (AvgIpc) is 2.46. The van der Waals surface area contributed by atoms with Crippen LogP contribution in [0.2, 0.25) is 0 Å². The van der Waals surface area contributed by atoms with Gasteiger partial charge in [-0.25, -0.2) is 9.97 Å². The number of rotatable bonds is 6. The molecule has 2 aromatic rings. The van der Waals surface area contributed by atoms with Gasteiger partial charge in [0.15, 0.2) is 17.3 Å². The molecule has 5 heteroatoms. The number of methoxy groups -OCH3 is 1. The van der Waals surface area contributed by atoms with Crippen molar-refractivity contribution in [2.75, 3.05) is 7.11 Å². The van der Waals surface area contributed by atoms with Gasteiger partial charge in [0.1, 0.15) is 6.61 Å². The van der Waals surface area contributed by atoms with Crippen LogP contribution in [0.4, 0.5) is 0 Å². The summed E-state index contributed by atoms with van der Waals surface area (Å²) in [4.78, 5) is 8.25. The fraction of sp³-hybridized carbons (Fsp3) is 0.333. The summed E-state index contributed by atoms with van der Waals surface area (Å²) in [6.07, 6.45) is 4.17. The molecule has 1 unspecified atom stereocenters. The van der Waals surface area contributed by atoms with Crippen LogP contribution in [0.25, 0.3) is 0 Å². The van der Waals surface area contributed by atoms with E-state index in [2.05, 4.69) is 9.97 Å². The van der Waals surface area contributed by atoms with Gasteiger partial charge in [0, 0.05) is 18.4 Å². The second-order valence-electron chi connectivity index (χ2n) is 4.62. The van der Waals surface area contributed by atoms with Gasteiger partial charge in [0.25, 0.3) is 0 Å². The second-order valence-corrected chi connectivity index (χ2v) is 4.62. The van der Waals surface area contributed by atoms with Crippen LogP contribution in [-0.4, -0.2) is 23.1 Å². The van der Waals surface area contributed by atoms with Gasteiger partial charge in [-0.05, 0) is 37.1 Å². The first-order valence-electron chi connectivity index (χ1n) is 6.50. The van der Waals surface area contributed by atoms with Crippen molar-refractivity contribution in [1.29, 1.82) is 0 Å². The lowest BCUT2D eigenvalue weighted by Gasteiger charge is -2.12. The van der Waals surface area contributed by atoms with E-state index in [-0.39, 0.29) is 6.04 Å². The highest BCUT2D eigenvalue weighted by molar-refractivity contribution is 5.43. The molecule has 0 fully saturated rings. The molecule has 0 saturated carbocycles. The third-order valence-corrected chi connectivity index (χ3v) is 2.76. The van der Waals surface area contributed by atoms with E-state index in [1.807, 2.05) is 25.1 Å². The van der Waals surface area contributed by atoms with Gasteiger partial charge in [-0.3, -0.25) is 0 Å². The smallest absolute Gasteiger partial charge is 0.166 e. The quantitative estimate of drug-likeness (QED) is 0.871. The zero-order valence-corrected chi connectivity index (χ0v) is 11.7. The van der Waals surface area contributed by atoms with Crippen LogP contribution >= 0.6 is 0 Å². The largest absolute Gasteiger partial charge is 0.493 e. The Labute approximate surface area is 118 Å². The van der Waals surface area contributed by atoms with Crippen molar-refractivity contribution < 1.29 is 9.47 Å². The molecule has 1 heterocycles. The minimum Gasteiger partial charge on any atom is -0.493 e. The summed E-state index contributed by atoms with van der Waals surface area (Å²) in [5, 5.41) is 0. The van der Waals surface area contributed by atoms with Gasteiger partial charge in [-0.1, -0.05) is 6.07 Å². The van der Waals surface area contributed by atoms with Crippen LogP contribution in [0, 0.1) is 0 Å². The molecule has 20 heavy (non-hydrogen) atoms. The number of hydrogen-bond acceptors (Lipinski definition) is 5. The predicted octanol–water partition coefficient (Wildman–Crippen LogP) is 1.95. The van der Waals surface area contributed by atoms with Crippen LogP contribution < -0.4 is 15.2 Å². The molecule has 0 amide bonds. The Hall–Kier alpha value is -2.14. The third-order valence-electron chi connectivity index (χ3n) is 2.76. The molecule has 2 rings (SSSR count). The van der Waals surface area contributed by atoms with E-state index in [1.165, 1.54) is 0 Å². The minimum atomic E-state index is 0.105. The minimum absolute atomic E-state index is 0.105. The van der Waals surface area contributed by atoms with E-state index in [1.54, 1.807) is 25.6 Å². The van der Waals surface area contributed by atoms with Crippen molar-refractivity contribution in [3.63, 3.8) is 0 Å². The van der Waals surface area contributed by atoms with Crippen molar-refractivity contribution in [3.8, 4) is 11.5 Å². The maximum Gasteiger partial charge on any atom is 0.166 e. The molecule has 0 aliphatic rings. The maximum absolute atomic E-state index is 5.82. The molecule has 106 valence electrons. The zero-order valence-electron chi connectivity index (χ0n) is 11.7. The lowest BCUT2D eigenvalue weighted by Crippen LogP contribution is -2.17. The number of hydrogen-bond donors (Lipinski definition) is 1. The molecule has 0 bridgehead atoms. The van der Waals surface area contributed by atoms with E-state index in [0.717, 1.165) is 12.0 Å². The van der Waals surface area contributed by atoms with Gasteiger partial charge in [-0.15, -0.1) is 0 Å². The van der Waals surface area contributed by atoms with E-state index < -0.39 is 0 Å². The molecular formula is C15H19N3O2. The van der Waals surface area contributed by atoms with Crippen LogP contribution in [-0.2, 0) is 13.0 Å². The molecular weight excluding hydrogens is 254 g/mol. The molecule has 0 radical (unpaired) electrons. The Balaban J connectivity index is 2.12. The van der Waals surface area contributed by atoms with Crippen LogP contribution in [0.5, 0.6) is 11.5 Å². The fourth-order valence-electron chi connectivity index (χ4n) is 1.88. The lowest BCUT2D eigenvalue weighted by molar-refractivity contribution is 0.276. The van der Waals surface area contributed by atoms with Gasteiger partial charge < -0.3 is 15.2 Å². The van der Waals surface area contributed by atoms with E-state index in [0.29, 0.717) is 23.9 Å². The number of benzene rings is 1. The van der Waals surface area contributed by atoms with Crippen LogP contribution in [0.15, 0.2) is 36.7 Å². The number of aromatic nitrogens is 2. The summed E-state index contributed by atoms with van der Waals surface area (Å²) in [7, 11) is 1.62. The standard InChI is InChI=1S/C15H19N3O2/c1-11(16)8-12-4-5-13(19-2)14(9-12)20-10-15-17-6-3-7-18-15/h3-7,9,11H,8,10,16H2,1-2H3. The van der Waals surface area contributed by atoms with E-state index >= 15 is 0 Å². The van der Waals surface area contributed by atoms with Crippen LogP contribution in [0.1, 0.15) is 18.3 Å². The number of ether oxygens (including phenoxy) is 2. The number of nitrogens with two attached hydrogens (primary N) is 1. The molecule has 0 aliphatic carbocycles. The molecule has 1 aromatic heterocycles. The summed E-state index contributed by atoms with van der Waals surface area (Å²) in [5.74, 6) is 2.00. The summed E-state index contributed by atoms with van der Waals surface area (Å²) in [5.41, 5.74) is 6.93. The molecule has 0 aliphatic heterocycles. The van der Waals surface area contributed by atoms with Crippen molar-refractivity contribution in [3.05, 3.63) is 48.0 Å². The Bertz CT molecular complexity index is 544. The Kier molecular flexibility index (Phi) is 4.90. The first-order valence-corrected chi connectivity index (χ1v) is 6.50. The third kappa shape index (κ3) is 3.93. The SMILES string of the molecule is COc1ccc(CC(C)N)cc1OCc1ncccn1. The van der Waals surface area contributed by atoms with Crippen molar-refractivity contribution in [2.45, 2.75) is 26.0 Å². The Morgan fingerprint density at radius 2 is 1.95 bits per heavy atom. The molecule has 5 nitrogen and oxygen atoms in total. The topological polar surface area (TPSA) is 70.3 Å². The molecule has 0 saturated heterocycles. The molecule has 1 aromatic carbocycles. The normalized spacial score (nSPS) is 11.9. The second kappa shape index (κ2) is 6.86. The lowest BCUT2D eigenvalue weighted by atomic mass is 10.1. The average molecular weight is 273 g/mol. The summed E-state index contributed by atoms with van der Waals surface area (Å²) in [6.45, 7) is 2.28. The van der Waals surface area contributed by atoms with Gasteiger partial charge in [0.2, 0.25) is 0 Å². The van der Waals surface area contributed by atoms with Crippen molar-refractivity contribution >= 4 is 0 Å². The molecule has 0 spiro atoms. The van der Waals surface area contributed by atoms with E-state index in [9.17, 15) is 0 Å². The van der Waals surface area contributed by atoms with Crippen LogP contribution in [0.3, 0.4) is 0 Å². The highest BCUT2D eigenvalue weighted by Crippen LogP contribution is 2.29. The van der Waals surface area contributed by atoms with Gasteiger partial charge in [0.05, 0.1) is 7.11 Å². The molecule has 1 atom stereocenters. The predicted molar refractivity (Wildman–Crippen MR) is 76.7 cm³/mol. The first-order chi connectivity index (χ1) is 9.69. The first kappa shape index (κ1) is 14.3. The highest BCUT2D eigenvalue weighted by Gasteiger charge is 2.08. The van der Waals surface area contributed by atoms with Crippen molar-refractivity contribution in [1.82, 2.24) is 9.97 Å². The summed E-state index contributed by atoms with van der Waals surface area (Å²) >= 11 is 0. The summed E-state index contributed by atoms with van der Waals surface area (Å²) in [6, 6.07) is 7.71. The van der Waals surface area contributed by atoms with E-state index in [4.69, 9.17) is 15.2 Å². The monoisotopic (exact) mass is 273 g/mol. The van der Waals surface area contributed by atoms with Gasteiger partial charge in [-0.2, -0.15) is 0 Å². The fourth-order valence-corrected chi connectivity index (χ4v) is 1.88. The molecule has 2 N–H and O–H groups in total. The summed E-state index contributed by atoms with van der Waals surface area (Å²) < 4.78 is 11.0. The zero-order chi connectivity index (χ0) is 14.4. The van der Waals surface area contributed by atoms with Crippen molar-refractivity contribution in [2.24, 2.45) is 5.73 Å². The Morgan fingerprint density at radius 3 is 2.60 bits per heavy atom. The maximum atomic E-state index is 5.82. The van der Waals surface area contributed by atoms with Gasteiger partial charge >= 0.3 is 0 Å². The number of nitrogens with zero attached hydrogens (tertiary/aromatic N) is 2. The Morgan fingerprint density at radius 1 is 1.20 bits per heavy atom. The highest BCUT2D eigenvalue weighted by atomic mass is 16.5.